The summed E-state index contributed by atoms with van der Waals surface area (Å²) in [6, 6.07) is 8.62. The first-order chi connectivity index (χ1) is 7.84. The lowest BCUT2D eigenvalue weighted by Gasteiger charge is -2.30. The second kappa shape index (κ2) is 3.91. The third-order valence-electron chi connectivity index (χ3n) is 3.44. The topological polar surface area (TPSA) is 38.3 Å². The molecule has 1 N–H and O–H groups in total. The number of hydrogen-bond donors (Lipinski definition) is 1. The monoisotopic (exact) mass is 217 g/mol. The van der Waals surface area contributed by atoms with Gasteiger partial charge in [0.2, 0.25) is 0 Å². The number of rotatable bonds is 1. The number of ether oxygens (including phenoxy) is 1. The molecular formula is C13H15NO2. The fraction of sp³-hybridized carbons (Fsp3) is 0.462. The summed E-state index contributed by atoms with van der Waals surface area (Å²) in [6.07, 6.45) is 2.48. The number of cyclic esters (lactones) is 1. The molecule has 1 fully saturated rings. The first-order valence-electron chi connectivity index (χ1n) is 5.85. The predicted molar refractivity (Wildman–Crippen MR) is 60.0 cm³/mol. The van der Waals surface area contributed by atoms with E-state index in [9.17, 15) is 4.79 Å². The average molecular weight is 217 g/mol. The van der Waals surface area contributed by atoms with E-state index in [4.69, 9.17) is 4.74 Å². The van der Waals surface area contributed by atoms with Gasteiger partial charge in [0.1, 0.15) is 6.10 Å². The van der Waals surface area contributed by atoms with Crippen molar-refractivity contribution in [2.45, 2.75) is 31.4 Å². The Labute approximate surface area is 94.8 Å². The molecule has 0 bridgehead atoms. The molecule has 0 aliphatic carbocycles. The van der Waals surface area contributed by atoms with Crippen molar-refractivity contribution in [3.63, 3.8) is 0 Å². The van der Waals surface area contributed by atoms with E-state index in [1.807, 2.05) is 0 Å². The van der Waals surface area contributed by atoms with E-state index in [2.05, 4.69) is 29.6 Å². The zero-order valence-electron chi connectivity index (χ0n) is 9.11. The fourth-order valence-electron chi connectivity index (χ4n) is 2.65. The van der Waals surface area contributed by atoms with Gasteiger partial charge in [-0.15, -0.1) is 0 Å². The van der Waals surface area contributed by atoms with Crippen LogP contribution >= 0.6 is 0 Å². The van der Waals surface area contributed by atoms with Crippen molar-refractivity contribution >= 4 is 5.97 Å². The highest BCUT2D eigenvalue weighted by molar-refractivity contribution is 5.71. The van der Waals surface area contributed by atoms with E-state index < -0.39 is 0 Å². The van der Waals surface area contributed by atoms with Gasteiger partial charge in [0.25, 0.3) is 0 Å². The van der Waals surface area contributed by atoms with E-state index in [1.165, 1.54) is 11.1 Å². The Bertz CT molecular complexity index is 416. The van der Waals surface area contributed by atoms with E-state index >= 15 is 0 Å². The molecule has 2 aliphatic rings. The van der Waals surface area contributed by atoms with Crippen LogP contribution in [-0.4, -0.2) is 18.6 Å². The summed E-state index contributed by atoms with van der Waals surface area (Å²) in [5.74, 6) is -0.0603. The Kier molecular flexibility index (Phi) is 2.40. The largest absolute Gasteiger partial charge is 0.460 e. The van der Waals surface area contributed by atoms with Crippen LogP contribution in [0.1, 0.15) is 30.0 Å². The second-order valence-electron chi connectivity index (χ2n) is 4.45. The maximum absolute atomic E-state index is 11.2. The fourth-order valence-corrected chi connectivity index (χ4v) is 2.65. The number of hydrogen-bond acceptors (Lipinski definition) is 3. The number of esters is 1. The zero-order chi connectivity index (χ0) is 11.0. The predicted octanol–water partition coefficient (Wildman–Crippen LogP) is 1.58. The Morgan fingerprint density at radius 1 is 1.25 bits per heavy atom. The van der Waals surface area contributed by atoms with E-state index in [-0.39, 0.29) is 18.1 Å². The van der Waals surface area contributed by atoms with Crippen LogP contribution in [0, 0.1) is 0 Å². The van der Waals surface area contributed by atoms with Crippen LogP contribution in [-0.2, 0) is 16.0 Å². The summed E-state index contributed by atoms with van der Waals surface area (Å²) in [7, 11) is 0. The summed E-state index contributed by atoms with van der Waals surface area (Å²) in [6.45, 7) is 0.968. The summed E-state index contributed by atoms with van der Waals surface area (Å²) in [5.41, 5.74) is 2.68. The lowest BCUT2D eigenvalue weighted by atomic mass is 9.90. The third-order valence-corrected chi connectivity index (χ3v) is 3.44. The summed E-state index contributed by atoms with van der Waals surface area (Å²) < 4.78 is 5.36. The molecule has 0 aromatic heterocycles. The van der Waals surface area contributed by atoms with Crippen molar-refractivity contribution < 1.29 is 9.53 Å². The normalized spacial score (nSPS) is 28.6. The minimum atomic E-state index is -0.0603. The standard InChI is InChI=1S/C13H15NO2/c15-12-6-5-11(16-12)13-10-4-2-1-3-9(10)7-8-14-13/h1-4,11,13-14H,5-8H2/t11-,13-/m1/s1. The molecule has 0 amide bonds. The van der Waals surface area contributed by atoms with Crippen LogP contribution in [0.25, 0.3) is 0 Å². The number of nitrogens with one attached hydrogen (secondary N) is 1. The molecule has 0 radical (unpaired) electrons. The van der Waals surface area contributed by atoms with Crippen LogP contribution < -0.4 is 5.32 Å². The molecule has 1 saturated heterocycles. The zero-order valence-corrected chi connectivity index (χ0v) is 9.11. The molecule has 1 aromatic rings. The second-order valence-corrected chi connectivity index (χ2v) is 4.45. The molecule has 0 unspecified atom stereocenters. The van der Waals surface area contributed by atoms with Gasteiger partial charge in [0.05, 0.1) is 6.04 Å². The quantitative estimate of drug-likeness (QED) is 0.726. The lowest BCUT2D eigenvalue weighted by Crippen LogP contribution is -2.37. The molecule has 3 nitrogen and oxygen atoms in total. The first kappa shape index (κ1) is 9.85. The van der Waals surface area contributed by atoms with E-state index in [0.29, 0.717) is 6.42 Å². The molecule has 84 valence electrons. The van der Waals surface area contributed by atoms with Crippen LogP contribution in [0.3, 0.4) is 0 Å². The van der Waals surface area contributed by atoms with Crippen LogP contribution in [0.15, 0.2) is 24.3 Å². The first-order valence-corrected chi connectivity index (χ1v) is 5.85. The minimum Gasteiger partial charge on any atom is -0.460 e. The van der Waals surface area contributed by atoms with Gasteiger partial charge in [-0.25, -0.2) is 0 Å². The number of carbonyl (C=O) groups is 1. The van der Waals surface area contributed by atoms with Crippen molar-refractivity contribution in [2.24, 2.45) is 0 Å². The Morgan fingerprint density at radius 2 is 2.12 bits per heavy atom. The smallest absolute Gasteiger partial charge is 0.306 e. The molecular weight excluding hydrogens is 202 g/mol. The summed E-state index contributed by atoms with van der Waals surface area (Å²) >= 11 is 0. The molecule has 2 heterocycles. The highest BCUT2D eigenvalue weighted by Crippen LogP contribution is 2.31. The highest BCUT2D eigenvalue weighted by Gasteiger charge is 2.34. The molecule has 0 saturated carbocycles. The highest BCUT2D eigenvalue weighted by atomic mass is 16.5. The maximum atomic E-state index is 11.2. The molecule has 2 atom stereocenters. The number of benzene rings is 1. The van der Waals surface area contributed by atoms with Gasteiger partial charge in [-0.05, 0) is 30.5 Å². The van der Waals surface area contributed by atoms with Gasteiger partial charge >= 0.3 is 5.97 Å². The van der Waals surface area contributed by atoms with Gasteiger partial charge in [-0.1, -0.05) is 24.3 Å². The van der Waals surface area contributed by atoms with Crippen molar-refractivity contribution in [2.75, 3.05) is 6.54 Å². The Morgan fingerprint density at radius 3 is 2.94 bits per heavy atom. The summed E-state index contributed by atoms with van der Waals surface area (Å²) in [5, 5.41) is 3.46. The average Bonchev–Trinajstić information content (AvgIpc) is 2.75. The third kappa shape index (κ3) is 1.61. The van der Waals surface area contributed by atoms with Gasteiger partial charge in [0, 0.05) is 6.42 Å². The van der Waals surface area contributed by atoms with Crippen molar-refractivity contribution in [1.29, 1.82) is 0 Å². The van der Waals surface area contributed by atoms with Gasteiger partial charge in [-0.2, -0.15) is 0 Å². The van der Waals surface area contributed by atoms with E-state index in [0.717, 1.165) is 19.4 Å². The van der Waals surface area contributed by atoms with Crippen LogP contribution in [0.4, 0.5) is 0 Å². The molecule has 1 aromatic carbocycles. The molecule has 16 heavy (non-hydrogen) atoms. The number of carbonyl (C=O) groups excluding carboxylic acids is 1. The molecule has 0 spiro atoms. The Balaban J connectivity index is 1.90. The molecule has 2 aliphatic heterocycles. The molecule has 3 rings (SSSR count). The number of fused-ring (bicyclic) bond motifs is 1. The molecule has 3 heteroatoms. The summed E-state index contributed by atoms with van der Waals surface area (Å²) in [4.78, 5) is 11.2. The van der Waals surface area contributed by atoms with Crippen LogP contribution in [0.5, 0.6) is 0 Å². The van der Waals surface area contributed by atoms with Crippen molar-refractivity contribution in [3.8, 4) is 0 Å². The maximum Gasteiger partial charge on any atom is 0.306 e. The van der Waals surface area contributed by atoms with E-state index in [1.54, 1.807) is 0 Å². The Hall–Kier alpha value is -1.35. The SMILES string of the molecule is O=C1CC[C@H]([C@@H]2NCCc3ccccc32)O1. The van der Waals surface area contributed by atoms with Gasteiger partial charge in [0.15, 0.2) is 0 Å². The van der Waals surface area contributed by atoms with Gasteiger partial charge in [-0.3, -0.25) is 4.79 Å². The van der Waals surface area contributed by atoms with Crippen molar-refractivity contribution in [3.05, 3.63) is 35.4 Å². The van der Waals surface area contributed by atoms with Gasteiger partial charge < -0.3 is 10.1 Å². The van der Waals surface area contributed by atoms with Crippen LogP contribution in [0.2, 0.25) is 0 Å². The minimum absolute atomic E-state index is 0.0222. The lowest BCUT2D eigenvalue weighted by molar-refractivity contribution is -0.142. The van der Waals surface area contributed by atoms with Crippen molar-refractivity contribution in [1.82, 2.24) is 5.32 Å².